The van der Waals surface area contributed by atoms with Gasteiger partial charge in [0.15, 0.2) is 0 Å². The van der Waals surface area contributed by atoms with Crippen LogP contribution in [0.25, 0.3) is 0 Å². The van der Waals surface area contributed by atoms with Gasteiger partial charge in [-0.2, -0.15) is 11.5 Å². The summed E-state index contributed by atoms with van der Waals surface area (Å²) in [6.45, 7) is 24.0. The summed E-state index contributed by atoms with van der Waals surface area (Å²) in [5.41, 5.74) is 6.03. The van der Waals surface area contributed by atoms with Gasteiger partial charge >= 0.3 is 42.1 Å². The fourth-order valence-corrected chi connectivity index (χ4v) is 3.24. The van der Waals surface area contributed by atoms with E-state index >= 15 is 0 Å². The maximum atomic E-state index is 3.96. The molecule has 256 valence electrons. The van der Waals surface area contributed by atoms with Gasteiger partial charge in [0.25, 0.3) is 0 Å². The second-order valence-electron chi connectivity index (χ2n) is 12.7. The monoisotopic (exact) mass is 876 g/mol. The van der Waals surface area contributed by atoms with Crippen molar-refractivity contribution in [1.82, 2.24) is 19.9 Å². The first kappa shape index (κ1) is 60.3. The van der Waals surface area contributed by atoms with E-state index in [0.29, 0.717) is 0 Å². The Labute approximate surface area is 335 Å². The van der Waals surface area contributed by atoms with Crippen molar-refractivity contribution in [2.45, 2.75) is 92.4 Å². The second kappa shape index (κ2) is 30.1. The first-order chi connectivity index (χ1) is 18.1. The zero-order valence-electron chi connectivity index (χ0n) is 29.4. The zero-order valence-corrected chi connectivity index (χ0v) is 36.4. The zero-order chi connectivity index (χ0) is 29.5. The van der Waals surface area contributed by atoms with E-state index in [9.17, 15) is 0 Å². The third-order valence-corrected chi connectivity index (χ3v) is 5.90. The van der Waals surface area contributed by atoms with Crippen molar-refractivity contribution in [2.75, 3.05) is 0 Å². The standard InChI is InChI=1S/3C9H13N.C8H10N.CH3.4ClH.2Mo/c3*1-9(2,3)8-4-6-10-7-5-8;1-7(2)8-3-5-9-6-4-8;;;;;;;/h3*4-7H,1-3H3;3-6H,1-2H3;1H3;4*1H;;/q;;;2*-1;;;;;2*+3/p-4. The van der Waals surface area contributed by atoms with E-state index in [0.717, 1.165) is 0 Å². The molecule has 46 heavy (non-hydrogen) atoms. The molecule has 0 N–H and O–H groups in total. The Bertz CT molecular complexity index is 1050. The van der Waals surface area contributed by atoms with Gasteiger partial charge in [0, 0.05) is 37.2 Å². The van der Waals surface area contributed by atoms with E-state index in [1.54, 1.807) is 0 Å². The van der Waals surface area contributed by atoms with Gasteiger partial charge in [-0.25, -0.2) is 0 Å². The molecule has 0 amide bonds. The average Bonchev–Trinajstić information content (AvgIpc) is 2.90. The van der Waals surface area contributed by atoms with Crippen molar-refractivity contribution in [3.05, 3.63) is 134 Å². The molecular formula is C36H52Cl4Mo2N4. The predicted molar refractivity (Wildman–Crippen MR) is 173 cm³/mol. The molecule has 10 heteroatoms. The quantitative estimate of drug-likeness (QED) is 0.159. The van der Waals surface area contributed by atoms with E-state index in [4.69, 9.17) is 0 Å². The number of hydrogen-bond acceptors (Lipinski definition) is 4. The summed E-state index contributed by atoms with van der Waals surface area (Å²) in [6.07, 6.45) is 14.6. The summed E-state index contributed by atoms with van der Waals surface area (Å²) in [5, 5.41) is 0. The molecule has 0 aliphatic heterocycles. The first-order valence-corrected chi connectivity index (χ1v) is 13.5. The molecular weight excluding hydrogens is 822 g/mol. The summed E-state index contributed by atoms with van der Waals surface area (Å²) < 4.78 is 0. The number of rotatable bonds is 1. The largest absolute Gasteiger partial charge is 3.00 e. The van der Waals surface area contributed by atoms with Crippen LogP contribution >= 0.6 is 0 Å². The van der Waals surface area contributed by atoms with E-state index in [1.165, 1.54) is 28.2 Å². The molecule has 0 bridgehead atoms. The van der Waals surface area contributed by atoms with Crippen LogP contribution in [-0.2, 0) is 58.4 Å². The average molecular weight is 875 g/mol. The fourth-order valence-electron chi connectivity index (χ4n) is 3.24. The molecule has 4 nitrogen and oxygen atoms in total. The summed E-state index contributed by atoms with van der Waals surface area (Å²) in [6, 6.07) is 16.4. The molecule has 4 aromatic heterocycles. The molecule has 0 aliphatic carbocycles. The Balaban J connectivity index is -0.0000000840. The van der Waals surface area contributed by atoms with Crippen molar-refractivity contribution < 1.29 is 91.8 Å². The van der Waals surface area contributed by atoms with Crippen LogP contribution in [0.15, 0.2) is 98.1 Å². The van der Waals surface area contributed by atoms with Crippen LogP contribution in [0.1, 0.15) is 98.4 Å². The minimum Gasteiger partial charge on any atom is -1.00 e. The van der Waals surface area contributed by atoms with Crippen LogP contribution in [0.2, 0.25) is 0 Å². The van der Waals surface area contributed by atoms with Crippen molar-refractivity contribution in [3.8, 4) is 0 Å². The van der Waals surface area contributed by atoms with Crippen molar-refractivity contribution >= 4 is 0 Å². The molecule has 4 aromatic rings. The Morgan fingerprint density at radius 2 is 0.565 bits per heavy atom. The topological polar surface area (TPSA) is 51.6 Å². The van der Waals surface area contributed by atoms with Crippen LogP contribution in [0.3, 0.4) is 0 Å². The summed E-state index contributed by atoms with van der Waals surface area (Å²) in [4.78, 5) is 15.8. The number of halogens is 4. The minimum atomic E-state index is 0. The molecule has 0 saturated carbocycles. The van der Waals surface area contributed by atoms with Gasteiger partial charge in [-0.15, -0.1) is 12.1 Å². The van der Waals surface area contributed by atoms with Crippen LogP contribution in [0, 0.1) is 13.3 Å². The van der Waals surface area contributed by atoms with Crippen molar-refractivity contribution in [2.24, 2.45) is 0 Å². The second-order valence-corrected chi connectivity index (χ2v) is 12.7. The van der Waals surface area contributed by atoms with Gasteiger partial charge in [-0.05, 0) is 81.7 Å². The Kier molecular flexibility index (Phi) is 39.5. The maximum Gasteiger partial charge on any atom is 3.00 e. The normalized spacial score (nSPS) is 9.28. The molecule has 0 fully saturated rings. The summed E-state index contributed by atoms with van der Waals surface area (Å²) >= 11 is 0. The van der Waals surface area contributed by atoms with Gasteiger partial charge < -0.3 is 57.1 Å². The van der Waals surface area contributed by atoms with Crippen LogP contribution in [0.5, 0.6) is 0 Å². The number of aromatic nitrogens is 4. The Morgan fingerprint density at radius 3 is 0.674 bits per heavy atom. The molecule has 0 saturated heterocycles. The molecule has 0 unspecified atom stereocenters. The van der Waals surface area contributed by atoms with Gasteiger partial charge in [-0.1, -0.05) is 76.2 Å². The number of hydrogen-bond donors (Lipinski definition) is 0. The molecule has 0 spiro atoms. The van der Waals surface area contributed by atoms with Gasteiger partial charge in [0.1, 0.15) is 0 Å². The van der Waals surface area contributed by atoms with E-state index in [2.05, 4.69) is 132 Å². The Morgan fingerprint density at radius 1 is 0.391 bits per heavy atom. The molecule has 2 radical (unpaired) electrons. The third kappa shape index (κ3) is 27.0. The Hall–Kier alpha value is -0.993. The summed E-state index contributed by atoms with van der Waals surface area (Å²) in [5.74, 6) is 1.33. The summed E-state index contributed by atoms with van der Waals surface area (Å²) in [7, 11) is 0. The smallest absolute Gasteiger partial charge is 1.00 e. The SMILES string of the molecule is CC(C)(C)c1ccncc1.CC(C)(C)c1ccncc1.CC(C)(C)c1ccncc1.C[C-](C)c1ccncc1.[CH3-].[Cl-].[Cl-].[Cl-].[Cl-].[Mo+3].[Mo+3]. The molecule has 0 atom stereocenters. The van der Waals surface area contributed by atoms with Gasteiger partial charge in [-0.3, -0.25) is 19.9 Å². The van der Waals surface area contributed by atoms with Crippen LogP contribution < -0.4 is 49.6 Å². The molecule has 4 heterocycles. The van der Waals surface area contributed by atoms with Crippen molar-refractivity contribution in [1.29, 1.82) is 0 Å². The van der Waals surface area contributed by atoms with Crippen LogP contribution in [-0.4, -0.2) is 19.9 Å². The van der Waals surface area contributed by atoms with E-state index in [1.807, 2.05) is 61.7 Å². The fraction of sp³-hybridized carbons (Fsp3) is 0.389. The van der Waals surface area contributed by atoms with Gasteiger partial charge in [0.05, 0.1) is 0 Å². The maximum absolute atomic E-state index is 3.96. The van der Waals surface area contributed by atoms with E-state index in [-0.39, 0.29) is 115 Å². The molecule has 0 aliphatic rings. The minimum absolute atomic E-state index is 0. The predicted octanol–water partition coefficient (Wildman–Crippen LogP) is -2.36. The third-order valence-electron chi connectivity index (χ3n) is 5.90. The molecule has 0 aromatic carbocycles. The molecule has 4 rings (SSSR count). The first-order valence-electron chi connectivity index (χ1n) is 13.5. The van der Waals surface area contributed by atoms with E-state index < -0.39 is 0 Å². The number of nitrogens with zero attached hydrogens (tertiary/aromatic N) is 4. The van der Waals surface area contributed by atoms with Crippen LogP contribution in [0.4, 0.5) is 0 Å². The van der Waals surface area contributed by atoms with Gasteiger partial charge in [0.2, 0.25) is 0 Å². The van der Waals surface area contributed by atoms with Crippen molar-refractivity contribution in [3.63, 3.8) is 0 Å². The number of pyridine rings is 4.